The molecule has 3 aromatic heterocycles. The minimum absolute atomic E-state index is 0.0524. The van der Waals surface area contributed by atoms with Gasteiger partial charge in [-0.25, -0.2) is 14.4 Å². The smallest absolute Gasteiger partial charge is 0.214 e. The Labute approximate surface area is 145 Å². The van der Waals surface area contributed by atoms with Gasteiger partial charge in [-0.15, -0.1) is 0 Å². The molecule has 130 valence electrons. The van der Waals surface area contributed by atoms with E-state index in [0.717, 1.165) is 28.0 Å². The lowest BCUT2D eigenvalue weighted by atomic mass is 10.1. The predicted octanol–water partition coefficient (Wildman–Crippen LogP) is 3.36. The molecule has 3 aromatic rings. The van der Waals surface area contributed by atoms with Crippen LogP contribution in [0.2, 0.25) is 0 Å². The highest BCUT2D eigenvalue weighted by Gasteiger charge is 2.23. The second kappa shape index (κ2) is 6.31. The van der Waals surface area contributed by atoms with E-state index in [9.17, 15) is 4.39 Å². The molecule has 1 fully saturated rings. The Bertz CT molecular complexity index is 894. The molecule has 0 spiro atoms. The van der Waals surface area contributed by atoms with Crippen LogP contribution >= 0.6 is 0 Å². The number of H-pyrrole nitrogens is 1. The number of nitrogens with one attached hydrogen (secondary N) is 1. The van der Waals surface area contributed by atoms with Crippen molar-refractivity contribution in [2.24, 2.45) is 0 Å². The molecule has 1 saturated heterocycles. The SMILES string of the molecule is CC(C)Oc1cc2c(-c3ccnc(N4CC[C@H](F)C4)c3)n[nH]c2cn1. The maximum Gasteiger partial charge on any atom is 0.214 e. The van der Waals surface area contributed by atoms with Gasteiger partial charge in [-0.1, -0.05) is 0 Å². The van der Waals surface area contributed by atoms with Gasteiger partial charge in [-0.3, -0.25) is 5.10 Å². The van der Waals surface area contributed by atoms with Crippen molar-refractivity contribution in [3.05, 3.63) is 30.6 Å². The highest BCUT2D eigenvalue weighted by Crippen LogP contribution is 2.30. The van der Waals surface area contributed by atoms with E-state index in [1.807, 2.05) is 36.9 Å². The Morgan fingerprint density at radius 1 is 1.32 bits per heavy atom. The van der Waals surface area contributed by atoms with E-state index >= 15 is 0 Å². The molecule has 1 aliphatic heterocycles. The van der Waals surface area contributed by atoms with Crippen molar-refractivity contribution in [3.63, 3.8) is 0 Å². The second-order valence-corrected chi connectivity index (χ2v) is 6.54. The maximum atomic E-state index is 13.5. The summed E-state index contributed by atoms with van der Waals surface area (Å²) < 4.78 is 19.2. The Morgan fingerprint density at radius 3 is 2.96 bits per heavy atom. The number of hydrogen-bond acceptors (Lipinski definition) is 5. The van der Waals surface area contributed by atoms with Gasteiger partial charge in [-0.2, -0.15) is 5.10 Å². The molecule has 0 radical (unpaired) electrons. The van der Waals surface area contributed by atoms with Gasteiger partial charge in [0.05, 0.1) is 24.4 Å². The van der Waals surface area contributed by atoms with E-state index in [1.54, 1.807) is 12.4 Å². The first-order chi connectivity index (χ1) is 12.1. The number of aromatic amines is 1. The van der Waals surface area contributed by atoms with Gasteiger partial charge in [-0.05, 0) is 32.4 Å². The summed E-state index contributed by atoms with van der Waals surface area (Å²) in [5.41, 5.74) is 2.58. The summed E-state index contributed by atoms with van der Waals surface area (Å²) in [6, 6.07) is 5.75. The van der Waals surface area contributed by atoms with Crippen molar-refractivity contribution >= 4 is 16.7 Å². The predicted molar refractivity (Wildman–Crippen MR) is 94.6 cm³/mol. The van der Waals surface area contributed by atoms with Crippen LogP contribution in [-0.2, 0) is 0 Å². The zero-order valence-electron chi connectivity index (χ0n) is 14.2. The lowest BCUT2D eigenvalue weighted by Gasteiger charge is -2.16. The Kier molecular flexibility index (Phi) is 3.99. The number of aromatic nitrogens is 4. The normalized spacial score (nSPS) is 17.6. The Morgan fingerprint density at radius 2 is 2.20 bits per heavy atom. The summed E-state index contributed by atoms with van der Waals surface area (Å²) in [7, 11) is 0. The summed E-state index contributed by atoms with van der Waals surface area (Å²) >= 11 is 0. The monoisotopic (exact) mass is 341 g/mol. The van der Waals surface area contributed by atoms with Crippen molar-refractivity contribution in [1.29, 1.82) is 0 Å². The fourth-order valence-electron chi connectivity index (χ4n) is 3.09. The third kappa shape index (κ3) is 3.14. The fraction of sp³-hybridized carbons (Fsp3) is 0.389. The fourth-order valence-corrected chi connectivity index (χ4v) is 3.09. The van der Waals surface area contributed by atoms with Gasteiger partial charge in [0.25, 0.3) is 0 Å². The molecule has 0 bridgehead atoms. The number of halogens is 1. The van der Waals surface area contributed by atoms with Crippen molar-refractivity contribution in [3.8, 4) is 17.1 Å². The zero-order chi connectivity index (χ0) is 17.4. The van der Waals surface area contributed by atoms with E-state index in [0.29, 0.717) is 25.4 Å². The Hall–Kier alpha value is -2.70. The first-order valence-electron chi connectivity index (χ1n) is 8.46. The van der Waals surface area contributed by atoms with Crippen LogP contribution in [0.1, 0.15) is 20.3 Å². The molecule has 0 amide bonds. The van der Waals surface area contributed by atoms with Gasteiger partial charge in [0, 0.05) is 29.8 Å². The number of anilines is 1. The number of ether oxygens (including phenoxy) is 1. The first-order valence-corrected chi connectivity index (χ1v) is 8.46. The summed E-state index contributed by atoms with van der Waals surface area (Å²) in [5, 5.41) is 8.37. The summed E-state index contributed by atoms with van der Waals surface area (Å²) in [6.45, 7) is 5.01. The van der Waals surface area contributed by atoms with Gasteiger partial charge in [0.15, 0.2) is 0 Å². The lowest BCUT2D eigenvalue weighted by Crippen LogP contribution is -2.20. The molecule has 0 aromatic carbocycles. The quantitative estimate of drug-likeness (QED) is 0.788. The number of hydrogen-bond donors (Lipinski definition) is 1. The van der Waals surface area contributed by atoms with Gasteiger partial charge in [0.1, 0.15) is 17.7 Å². The van der Waals surface area contributed by atoms with E-state index in [2.05, 4.69) is 20.2 Å². The molecular weight excluding hydrogens is 321 g/mol. The molecule has 25 heavy (non-hydrogen) atoms. The van der Waals surface area contributed by atoms with Crippen LogP contribution in [-0.4, -0.2) is 45.5 Å². The molecule has 1 N–H and O–H groups in total. The van der Waals surface area contributed by atoms with Crippen LogP contribution in [0.3, 0.4) is 0 Å². The second-order valence-electron chi connectivity index (χ2n) is 6.54. The number of fused-ring (bicyclic) bond motifs is 1. The van der Waals surface area contributed by atoms with Crippen LogP contribution in [0.15, 0.2) is 30.6 Å². The molecule has 4 heterocycles. The number of nitrogens with zero attached hydrogens (tertiary/aromatic N) is 4. The molecule has 7 heteroatoms. The van der Waals surface area contributed by atoms with Crippen LogP contribution in [0.5, 0.6) is 5.88 Å². The standard InChI is InChI=1S/C18H20FN5O/c1-11(2)25-17-8-14-15(9-21-17)22-23-18(14)12-3-5-20-16(7-12)24-6-4-13(19)10-24/h3,5,7-9,11,13H,4,6,10H2,1-2H3,(H,22,23)/t13-/m0/s1. The van der Waals surface area contributed by atoms with E-state index in [1.165, 1.54) is 0 Å². The summed E-state index contributed by atoms with van der Waals surface area (Å²) in [4.78, 5) is 10.6. The highest BCUT2D eigenvalue weighted by molar-refractivity contribution is 5.93. The van der Waals surface area contributed by atoms with Crippen molar-refractivity contribution in [2.45, 2.75) is 32.5 Å². The van der Waals surface area contributed by atoms with E-state index < -0.39 is 6.17 Å². The zero-order valence-corrected chi connectivity index (χ0v) is 14.2. The van der Waals surface area contributed by atoms with Crippen LogP contribution in [0.25, 0.3) is 22.2 Å². The van der Waals surface area contributed by atoms with Crippen LogP contribution in [0.4, 0.5) is 10.2 Å². The molecule has 0 saturated carbocycles. The molecule has 1 aliphatic rings. The van der Waals surface area contributed by atoms with Crippen LogP contribution < -0.4 is 9.64 Å². The minimum atomic E-state index is -0.779. The van der Waals surface area contributed by atoms with Gasteiger partial charge in [0.2, 0.25) is 5.88 Å². The number of alkyl halides is 1. The van der Waals surface area contributed by atoms with E-state index in [4.69, 9.17) is 4.74 Å². The summed E-state index contributed by atoms with van der Waals surface area (Å²) in [5.74, 6) is 1.35. The molecular formula is C18H20FN5O. The van der Waals surface area contributed by atoms with E-state index in [-0.39, 0.29) is 6.10 Å². The molecule has 0 aliphatic carbocycles. The third-order valence-electron chi connectivity index (χ3n) is 4.25. The average Bonchev–Trinajstić information content (AvgIpc) is 3.20. The minimum Gasteiger partial charge on any atom is -0.475 e. The topological polar surface area (TPSA) is 66.9 Å². The third-order valence-corrected chi connectivity index (χ3v) is 4.25. The van der Waals surface area contributed by atoms with Gasteiger partial charge >= 0.3 is 0 Å². The highest BCUT2D eigenvalue weighted by atomic mass is 19.1. The average molecular weight is 341 g/mol. The lowest BCUT2D eigenvalue weighted by molar-refractivity contribution is 0.233. The largest absolute Gasteiger partial charge is 0.475 e. The van der Waals surface area contributed by atoms with Crippen molar-refractivity contribution in [1.82, 2.24) is 20.2 Å². The van der Waals surface area contributed by atoms with Crippen molar-refractivity contribution in [2.75, 3.05) is 18.0 Å². The maximum absolute atomic E-state index is 13.5. The van der Waals surface area contributed by atoms with Gasteiger partial charge < -0.3 is 9.64 Å². The molecule has 6 nitrogen and oxygen atoms in total. The molecule has 0 unspecified atom stereocenters. The number of rotatable bonds is 4. The first kappa shape index (κ1) is 15.8. The molecule has 1 atom stereocenters. The molecule has 4 rings (SSSR count). The Balaban J connectivity index is 1.71. The number of pyridine rings is 2. The van der Waals surface area contributed by atoms with Crippen LogP contribution in [0, 0.1) is 0 Å². The van der Waals surface area contributed by atoms with Crippen molar-refractivity contribution < 1.29 is 9.13 Å². The summed E-state index contributed by atoms with van der Waals surface area (Å²) in [6.07, 6.45) is 3.29.